The number of carbonyl (C=O) groups excluding carboxylic acids is 1. The van der Waals surface area contributed by atoms with Crippen LogP contribution in [-0.2, 0) is 21.1 Å². The highest BCUT2D eigenvalue weighted by atomic mass is 32.2. The molecule has 1 saturated heterocycles. The number of nitrogens with zero attached hydrogens (tertiary/aromatic N) is 2. The second-order valence-corrected chi connectivity index (χ2v) is 11.2. The molecule has 0 saturated carbocycles. The number of hydrogen-bond acceptors (Lipinski definition) is 7. The van der Waals surface area contributed by atoms with E-state index in [1.165, 1.54) is 23.7 Å². The van der Waals surface area contributed by atoms with E-state index in [0.717, 1.165) is 35.1 Å². The van der Waals surface area contributed by atoms with Crippen molar-refractivity contribution in [3.63, 3.8) is 0 Å². The first-order valence-electron chi connectivity index (χ1n) is 9.36. The van der Waals surface area contributed by atoms with Crippen molar-refractivity contribution in [2.45, 2.75) is 24.5 Å². The quantitative estimate of drug-likeness (QED) is 0.411. The van der Waals surface area contributed by atoms with Crippen molar-refractivity contribution in [1.82, 2.24) is 15.4 Å². The van der Waals surface area contributed by atoms with Crippen LogP contribution in [0, 0.1) is 29.6 Å². The largest absolute Gasteiger partial charge is 0.304 e. The molecular formula is C21H23N3O4S2. The highest BCUT2D eigenvalue weighted by molar-refractivity contribution is 7.92. The fourth-order valence-electron chi connectivity index (χ4n) is 3.12. The lowest BCUT2D eigenvalue weighted by molar-refractivity contribution is -0.131. The molecule has 1 aromatic carbocycles. The molecule has 0 aliphatic carbocycles. The molecule has 158 valence electrons. The third-order valence-electron chi connectivity index (χ3n) is 5.26. The number of carbonyl (C=O) groups is 1. The summed E-state index contributed by atoms with van der Waals surface area (Å²) in [5.41, 5.74) is 3.08. The van der Waals surface area contributed by atoms with E-state index in [1.807, 2.05) is 18.2 Å². The van der Waals surface area contributed by atoms with Crippen molar-refractivity contribution < 1.29 is 18.4 Å². The number of rotatable bonds is 5. The average Bonchev–Trinajstić information content (AvgIpc) is 3.08. The second-order valence-electron chi connectivity index (χ2n) is 7.67. The van der Waals surface area contributed by atoms with Crippen LogP contribution in [0.1, 0.15) is 23.9 Å². The van der Waals surface area contributed by atoms with Gasteiger partial charge in [-0.15, -0.1) is 11.3 Å². The van der Waals surface area contributed by atoms with Gasteiger partial charge in [-0.3, -0.25) is 10.0 Å². The summed E-state index contributed by atoms with van der Waals surface area (Å²) < 4.78 is 23.4. The van der Waals surface area contributed by atoms with Gasteiger partial charge in [-0.25, -0.2) is 18.9 Å². The summed E-state index contributed by atoms with van der Waals surface area (Å²) in [6, 6.07) is 5.67. The van der Waals surface area contributed by atoms with Crippen molar-refractivity contribution >= 4 is 37.3 Å². The van der Waals surface area contributed by atoms with Crippen LogP contribution in [0.5, 0.6) is 0 Å². The van der Waals surface area contributed by atoms with Gasteiger partial charge in [0, 0.05) is 37.2 Å². The minimum Gasteiger partial charge on any atom is -0.304 e. The van der Waals surface area contributed by atoms with Gasteiger partial charge in [0.2, 0.25) is 0 Å². The smallest absolute Gasteiger partial charge is 0.264 e. The van der Waals surface area contributed by atoms with Crippen LogP contribution in [0.3, 0.4) is 0 Å². The molecule has 2 heterocycles. The maximum atomic E-state index is 12.1. The van der Waals surface area contributed by atoms with Crippen molar-refractivity contribution in [2.24, 2.45) is 5.92 Å². The van der Waals surface area contributed by atoms with Crippen LogP contribution < -0.4 is 5.48 Å². The van der Waals surface area contributed by atoms with Crippen LogP contribution in [0.2, 0.25) is 0 Å². The maximum Gasteiger partial charge on any atom is 0.264 e. The van der Waals surface area contributed by atoms with Crippen molar-refractivity contribution in [3.05, 3.63) is 28.8 Å². The normalized spacial score (nSPS) is 16.5. The van der Waals surface area contributed by atoms with Crippen LogP contribution >= 0.6 is 11.3 Å². The Bertz CT molecular complexity index is 1190. The van der Waals surface area contributed by atoms with Crippen molar-refractivity contribution in [3.8, 4) is 23.7 Å². The number of sulfone groups is 1. The SMILES string of the molecule is CN1CC(C#CC#Cc2ccc3nc(CCC(C)(C(=O)NO)S(C)(=O)=O)sc3c2)C1. The topological polar surface area (TPSA) is 99.6 Å². The number of nitrogens with one attached hydrogen (secondary N) is 1. The summed E-state index contributed by atoms with van der Waals surface area (Å²) >= 11 is 1.43. The highest BCUT2D eigenvalue weighted by Gasteiger charge is 2.43. The fraction of sp³-hybridized carbons (Fsp3) is 0.429. The molecule has 1 atom stereocenters. The van der Waals surface area contributed by atoms with Crippen molar-refractivity contribution in [2.75, 3.05) is 26.4 Å². The third-order valence-corrected chi connectivity index (χ3v) is 8.36. The number of fused-ring (bicyclic) bond motifs is 1. The number of hydrogen-bond donors (Lipinski definition) is 2. The second kappa shape index (κ2) is 8.75. The Labute approximate surface area is 180 Å². The Balaban J connectivity index is 1.72. The lowest BCUT2D eigenvalue weighted by Crippen LogP contribution is -2.49. The van der Waals surface area contributed by atoms with Gasteiger partial charge in [0.1, 0.15) is 4.75 Å². The van der Waals surface area contributed by atoms with E-state index in [2.05, 4.69) is 40.6 Å². The average molecular weight is 446 g/mol. The molecule has 30 heavy (non-hydrogen) atoms. The molecule has 2 N–H and O–H groups in total. The molecule has 1 amide bonds. The van der Waals surface area contributed by atoms with Crippen molar-refractivity contribution in [1.29, 1.82) is 0 Å². The van der Waals surface area contributed by atoms with Gasteiger partial charge in [-0.2, -0.15) is 0 Å². The van der Waals surface area contributed by atoms with Gasteiger partial charge in [0.15, 0.2) is 9.84 Å². The van der Waals surface area contributed by atoms with Crippen LogP contribution in [0.25, 0.3) is 10.2 Å². The molecule has 1 aromatic heterocycles. The Kier molecular flexibility index (Phi) is 6.49. The molecule has 3 rings (SSSR count). The lowest BCUT2D eigenvalue weighted by Gasteiger charge is -2.32. The third kappa shape index (κ3) is 4.82. The first kappa shape index (κ1) is 22.3. The van der Waals surface area contributed by atoms with Crippen LogP contribution in [-0.4, -0.2) is 60.6 Å². The first-order chi connectivity index (χ1) is 14.1. The summed E-state index contributed by atoms with van der Waals surface area (Å²) in [4.78, 5) is 18.7. The molecule has 2 aromatic rings. The minimum absolute atomic E-state index is 0.0106. The fourth-order valence-corrected chi connectivity index (χ4v) is 4.98. The molecule has 1 fully saturated rings. The predicted octanol–water partition coefficient (Wildman–Crippen LogP) is 1.45. The number of aromatic nitrogens is 1. The number of benzene rings is 1. The van der Waals surface area contributed by atoms with E-state index in [-0.39, 0.29) is 6.42 Å². The summed E-state index contributed by atoms with van der Waals surface area (Å²) in [7, 11) is -1.67. The highest BCUT2D eigenvalue weighted by Crippen LogP contribution is 2.28. The lowest BCUT2D eigenvalue weighted by atomic mass is 10.0. The summed E-state index contributed by atoms with van der Waals surface area (Å²) in [5, 5.41) is 9.63. The number of likely N-dealkylation sites (tertiary alicyclic amines) is 1. The predicted molar refractivity (Wildman–Crippen MR) is 117 cm³/mol. The van der Waals surface area contributed by atoms with Gasteiger partial charge in [-0.1, -0.05) is 11.8 Å². The summed E-state index contributed by atoms with van der Waals surface area (Å²) in [5.74, 6) is 11.4. The number of amides is 1. The molecule has 0 spiro atoms. The van der Waals surface area contributed by atoms with Gasteiger partial charge < -0.3 is 4.90 Å². The molecule has 9 heteroatoms. The van der Waals surface area contributed by atoms with E-state index >= 15 is 0 Å². The molecular weight excluding hydrogens is 422 g/mol. The standard InChI is InChI=1S/C21H23N3O4S2/c1-21(20(25)23-26,30(3,27)28)11-10-19-22-17-9-8-15(12-18(17)29-19)6-4-5-7-16-13-24(2)14-16/h8-9,12,16,26H,10-11,13-14H2,1-3H3,(H,23,25). The number of thiazole rings is 1. The monoisotopic (exact) mass is 445 g/mol. The Morgan fingerprint density at radius 2 is 2.13 bits per heavy atom. The summed E-state index contributed by atoms with van der Waals surface area (Å²) in [6.07, 6.45) is 1.28. The van der Waals surface area contributed by atoms with Gasteiger partial charge in [0.25, 0.3) is 5.91 Å². The maximum absolute atomic E-state index is 12.1. The zero-order valence-electron chi connectivity index (χ0n) is 17.0. The van der Waals surface area contributed by atoms with Gasteiger partial charge in [0.05, 0.1) is 15.2 Å². The van der Waals surface area contributed by atoms with Gasteiger partial charge >= 0.3 is 0 Å². The van der Waals surface area contributed by atoms with Crippen LogP contribution in [0.15, 0.2) is 18.2 Å². The molecule has 1 aliphatic heterocycles. The molecule has 1 aliphatic rings. The van der Waals surface area contributed by atoms with E-state index in [0.29, 0.717) is 17.3 Å². The Morgan fingerprint density at radius 3 is 2.77 bits per heavy atom. The Morgan fingerprint density at radius 1 is 1.40 bits per heavy atom. The zero-order chi connectivity index (χ0) is 21.9. The molecule has 1 unspecified atom stereocenters. The number of aryl methyl sites for hydroxylation is 1. The first-order valence-corrected chi connectivity index (χ1v) is 12.1. The minimum atomic E-state index is -3.73. The summed E-state index contributed by atoms with van der Waals surface area (Å²) in [6.45, 7) is 3.28. The zero-order valence-corrected chi connectivity index (χ0v) is 18.7. The van der Waals surface area contributed by atoms with E-state index < -0.39 is 20.5 Å². The molecule has 0 bridgehead atoms. The molecule has 7 nitrogen and oxygen atoms in total. The molecule has 0 radical (unpaired) electrons. The van der Waals surface area contributed by atoms with E-state index in [1.54, 1.807) is 0 Å². The van der Waals surface area contributed by atoms with E-state index in [4.69, 9.17) is 5.21 Å². The Hall–Kier alpha value is -2.43. The van der Waals surface area contributed by atoms with Gasteiger partial charge in [-0.05, 0) is 50.4 Å². The number of hydroxylamine groups is 1. The van der Waals surface area contributed by atoms with E-state index in [9.17, 15) is 13.2 Å². The van der Waals surface area contributed by atoms with Crippen LogP contribution in [0.4, 0.5) is 0 Å².